The van der Waals surface area contributed by atoms with Gasteiger partial charge in [-0.15, -0.1) is 0 Å². The number of nitrogen functional groups attached to an aromatic ring is 1. The van der Waals surface area contributed by atoms with E-state index in [-0.39, 0.29) is 11.3 Å². The lowest BCUT2D eigenvalue weighted by atomic mass is 10.1. The summed E-state index contributed by atoms with van der Waals surface area (Å²) in [7, 11) is 0. The highest BCUT2D eigenvalue weighted by Crippen LogP contribution is 2.34. The van der Waals surface area contributed by atoms with Crippen molar-refractivity contribution in [3.05, 3.63) is 45.2 Å². The molecule has 8 heteroatoms. The Morgan fingerprint density at radius 1 is 1.33 bits per heavy atom. The molecule has 0 saturated heterocycles. The normalized spacial score (nSPS) is 11.7. The van der Waals surface area contributed by atoms with Gasteiger partial charge >= 0.3 is 6.18 Å². The Kier molecular flexibility index (Phi) is 3.83. The highest BCUT2D eigenvalue weighted by molar-refractivity contribution is 9.10. The number of amidine groups is 1. The van der Waals surface area contributed by atoms with Crippen LogP contribution in [0, 0.1) is 19.3 Å². The van der Waals surface area contributed by atoms with Crippen LogP contribution in [0.1, 0.15) is 22.5 Å². The molecule has 0 aliphatic heterocycles. The van der Waals surface area contributed by atoms with Crippen LogP contribution in [-0.2, 0) is 6.18 Å². The van der Waals surface area contributed by atoms with E-state index in [2.05, 4.69) is 21.0 Å². The number of nitrogens with zero attached hydrogens (tertiary/aromatic N) is 2. The van der Waals surface area contributed by atoms with Crippen molar-refractivity contribution >= 4 is 21.8 Å². The molecule has 0 saturated carbocycles. The first-order valence-electron chi connectivity index (χ1n) is 5.90. The summed E-state index contributed by atoms with van der Waals surface area (Å²) >= 11 is 3.33. The number of benzene rings is 1. The molecule has 4 nitrogen and oxygen atoms in total. The molecule has 0 atom stereocenters. The number of alkyl halides is 3. The van der Waals surface area contributed by atoms with E-state index < -0.39 is 17.6 Å². The van der Waals surface area contributed by atoms with Gasteiger partial charge in [0.1, 0.15) is 5.84 Å². The van der Waals surface area contributed by atoms with Crippen molar-refractivity contribution in [2.45, 2.75) is 20.0 Å². The SMILES string of the molecule is Cc1nn(-c2ccc(C(=N)N)c(C(F)(F)F)c2)c(C)c1Br. The maximum absolute atomic E-state index is 13.1. The van der Waals surface area contributed by atoms with Crippen molar-refractivity contribution in [1.29, 1.82) is 5.41 Å². The number of rotatable bonds is 2. The monoisotopic (exact) mass is 360 g/mol. The lowest BCUT2D eigenvalue weighted by Crippen LogP contribution is -2.19. The quantitative estimate of drug-likeness (QED) is 0.635. The summed E-state index contributed by atoms with van der Waals surface area (Å²) < 4.78 is 41.5. The Hall–Kier alpha value is -1.83. The lowest BCUT2D eigenvalue weighted by molar-refractivity contribution is -0.137. The standard InChI is InChI=1S/C13H12BrF3N4/c1-6-11(14)7(2)21(20-6)8-3-4-9(12(18)19)10(5-8)13(15,16)17/h3-5H,1-2H3,(H3,18,19). The van der Waals surface area contributed by atoms with E-state index in [1.54, 1.807) is 13.8 Å². The zero-order valence-electron chi connectivity index (χ0n) is 11.2. The first-order valence-corrected chi connectivity index (χ1v) is 6.70. The van der Waals surface area contributed by atoms with Crippen LogP contribution >= 0.6 is 15.9 Å². The van der Waals surface area contributed by atoms with E-state index in [1.807, 2.05) is 0 Å². The van der Waals surface area contributed by atoms with E-state index in [0.29, 0.717) is 11.4 Å². The Morgan fingerprint density at radius 2 is 1.95 bits per heavy atom. The first-order chi connectivity index (χ1) is 9.62. The summed E-state index contributed by atoms with van der Waals surface area (Å²) in [5.74, 6) is -0.622. The minimum atomic E-state index is -4.59. The molecular weight excluding hydrogens is 349 g/mol. The molecule has 0 unspecified atom stereocenters. The Balaban J connectivity index is 2.67. The Labute approximate surface area is 127 Å². The zero-order valence-corrected chi connectivity index (χ0v) is 12.8. The van der Waals surface area contributed by atoms with Gasteiger partial charge in [0, 0.05) is 5.56 Å². The van der Waals surface area contributed by atoms with Crippen molar-refractivity contribution in [1.82, 2.24) is 9.78 Å². The van der Waals surface area contributed by atoms with E-state index in [9.17, 15) is 13.2 Å². The molecule has 1 heterocycles. The van der Waals surface area contributed by atoms with Crippen molar-refractivity contribution < 1.29 is 13.2 Å². The largest absolute Gasteiger partial charge is 0.417 e. The van der Waals surface area contributed by atoms with Crippen LogP contribution in [0.3, 0.4) is 0 Å². The molecule has 1 aromatic heterocycles. The molecule has 2 rings (SSSR count). The molecule has 0 aliphatic rings. The third-order valence-corrected chi connectivity index (χ3v) is 4.19. The fourth-order valence-electron chi connectivity index (χ4n) is 2.01. The topological polar surface area (TPSA) is 67.7 Å². The smallest absolute Gasteiger partial charge is 0.384 e. The second kappa shape index (κ2) is 5.18. The predicted molar refractivity (Wildman–Crippen MR) is 76.8 cm³/mol. The molecule has 1 aromatic carbocycles. The number of nitrogens with one attached hydrogen (secondary N) is 1. The first kappa shape index (κ1) is 15.6. The second-order valence-corrected chi connectivity index (χ2v) is 5.33. The summed E-state index contributed by atoms with van der Waals surface area (Å²) in [4.78, 5) is 0. The van der Waals surface area contributed by atoms with Gasteiger partial charge in [-0.05, 0) is 48.0 Å². The number of nitrogens with two attached hydrogens (primary N) is 1. The third-order valence-electron chi connectivity index (χ3n) is 3.05. The van der Waals surface area contributed by atoms with Gasteiger partial charge in [-0.2, -0.15) is 18.3 Å². The van der Waals surface area contributed by atoms with Gasteiger partial charge in [-0.25, -0.2) is 4.68 Å². The lowest BCUT2D eigenvalue weighted by Gasteiger charge is -2.14. The third kappa shape index (κ3) is 2.80. The number of aromatic nitrogens is 2. The summed E-state index contributed by atoms with van der Waals surface area (Å²) in [6.45, 7) is 3.50. The molecule has 0 amide bonds. The average molecular weight is 361 g/mol. The molecule has 0 spiro atoms. The van der Waals surface area contributed by atoms with E-state index >= 15 is 0 Å². The van der Waals surface area contributed by atoms with E-state index in [4.69, 9.17) is 11.1 Å². The maximum atomic E-state index is 13.1. The van der Waals surface area contributed by atoms with Crippen molar-refractivity contribution in [3.8, 4) is 5.69 Å². The van der Waals surface area contributed by atoms with Gasteiger partial charge in [0.25, 0.3) is 0 Å². The summed E-state index contributed by atoms with van der Waals surface area (Å²) in [5.41, 5.74) is 5.55. The van der Waals surface area contributed by atoms with Gasteiger partial charge in [0.15, 0.2) is 0 Å². The highest BCUT2D eigenvalue weighted by Gasteiger charge is 2.34. The summed E-state index contributed by atoms with van der Waals surface area (Å²) in [5, 5.41) is 11.5. The number of aryl methyl sites for hydroxylation is 1. The van der Waals surface area contributed by atoms with Gasteiger partial charge in [-0.3, -0.25) is 5.41 Å². The Morgan fingerprint density at radius 3 is 2.38 bits per heavy atom. The fraction of sp³-hybridized carbons (Fsp3) is 0.231. The molecule has 0 bridgehead atoms. The van der Waals surface area contributed by atoms with Gasteiger partial charge in [0.05, 0.1) is 27.1 Å². The molecular formula is C13H12BrF3N4. The van der Waals surface area contributed by atoms with E-state index in [1.165, 1.54) is 16.8 Å². The Bertz CT molecular complexity index is 719. The fourth-order valence-corrected chi connectivity index (χ4v) is 2.26. The van der Waals surface area contributed by atoms with Crippen LogP contribution in [0.4, 0.5) is 13.2 Å². The van der Waals surface area contributed by atoms with Crippen LogP contribution in [0.2, 0.25) is 0 Å². The number of hydrogen-bond donors (Lipinski definition) is 2. The number of hydrogen-bond acceptors (Lipinski definition) is 2. The van der Waals surface area contributed by atoms with Crippen LogP contribution in [0.25, 0.3) is 5.69 Å². The average Bonchev–Trinajstić information content (AvgIpc) is 2.65. The van der Waals surface area contributed by atoms with Crippen LogP contribution < -0.4 is 5.73 Å². The van der Waals surface area contributed by atoms with Gasteiger partial charge < -0.3 is 5.73 Å². The van der Waals surface area contributed by atoms with Crippen molar-refractivity contribution in [2.24, 2.45) is 5.73 Å². The molecule has 3 N–H and O–H groups in total. The predicted octanol–water partition coefficient (Wildman–Crippen LogP) is 3.55. The highest BCUT2D eigenvalue weighted by atomic mass is 79.9. The molecule has 0 fully saturated rings. The second-order valence-electron chi connectivity index (χ2n) is 4.54. The van der Waals surface area contributed by atoms with E-state index in [0.717, 1.165) is 10.5 Å². The minimum Gasteiger partial charge on any atom is -0.384 e. The summed E-state index contributed by atoms with van der Waals surface area (Å²) in [6, 6.07) is 3.59. The molecule has 0 aliphatic carbocycles. The van der Waals surface area contributed by atoms with Crippen molar-refractivity contribution in [2.75, 3.05) is 0 Å². The van der Waals surface area contributed by atoms with Crippen LogP contribution in [0.15, 0.2) is 22.7 Å². The number of halogens is 4. The molecule has 0 radical (unpaired) electrons. The maximum Gasteiger partial charge on any atom is 0.417 e. The van der Waals surface area contributed by atoms with Crippen LogP contribution in [0.5, 0.6) is 0 Å². The molecule has 2 aromatic rings. The molecule has 21 heavy (non-hydrogen) atoms. The molecule has 112 valence electrons. The van der Waals surface area contributed by atoms with Gasteiger partial charge in [0.2, 0.25) is 0 Å². The van der Waals surface area contributed by atoms with Crippen LogP contribution in [-0.4, -0.2) is 15.6 Å². The van der Waals surface area contributed by atoms with Crippen molar-refractivity contribution in [3.63, 3.8) is 0 Å². The summed E-state index contributed by atoms with van der Waals surface area (Å²) in [6.07, 6.45) is -4.59. The zero-order chi connectivity index (χ0) is 15.9. The minimum absolute atomic E-state index is 0.263. The van der Waals surface area contributed by atoms with Gasteiger partial charge in [-0.1, -0.05) is 0 Å².